The summed E-state index contributed by atoms with van der Waals surface area (Å²) in [7, 11) is 0. The molecule has 5 nitrogen and oxygen atoms in total. The number of nitrogens with one attached hydrogen (secondary N) is 1. The zero-order valence-corrected chi connectivity index (χ0v) is 13.5. The van der Waals surface area contributed by atoms with Gasteiger partial charge in [-0.25, -0.2) is 4.39 Å². The van der Waals surface area contributed by atoms with Crippen molar-refractivity contribution in [3.05, 3.63) is 71.6 Å². The average molecular weight is 377 g/mol. The lowest BCUT2D eigenvalue weighted by molar-refractivity contribution is -0.171. The molecule has 0 saturated heterocycles. The zero-order chi connectivity index (χ0) is 19.6. The Balaban J connectivity index is 2.04. The Kier molecular flexibility index (Phi) is 4.76. The molecule has 2 aromatic carbocycles. The first kappa shape index (κ1) is 18.3. The lowest BCUT2D eigenvalue weighted by atomic mass is 10.1. The third-order valence-corrected chi connectivity index (χ3v) is 3.57. The van der Waals surface area contributed by atoms with Crippen LogP contribution in [-0.4, -0.2) is 23.8 Å². The second-order valence-corrected chi connectivity index (χ2v) is 5.43. The maximum Gasteiger partial charge on any atom is 0.471 e. The third kappa shape index (κ3) is 3.86. The van der Waals surface area contributed by atoms with Crippen molar-refractivity contribution < 1.29 is 27.2 Å². The Morgan fingerprint density at radius 2 is 1.67 bits per heavy atom. The lowest BCUT2D eigenvalue weighted by Gasteiger charge is -2.10. The number of para-hydroxylation sites is 1. The average Bonchev–Trinajstić information content (AvgIpc) is 2.93. The van der Waals surface area contributed by atoms with Gasteiger partial charge in [-0.3, -0.25) is 9.59 Å². The standard InChI is InChI=1S/C18H11F4N3O2/c19-14-9-5-4-6-11(14)10-13-15(23-17(27)18(20,21)22)24-25(16(13)26)12-7-2-1-3-8-12/h1-10H,(H,23,24,27). The number of nitrogens with zero attached hydrogens (tertiary/aromatic N) is 2. The number of rotatable bonds is 2. The van der Waals surface area contributed by atoms with E-state index in [1.54, 1.807) is 23.5 Å². The van der Waals surface area contributed by atoms with Gasteiger partial charge in [-0.2, -0.15) is 18.2 Å². The van der Waals surface area contributed by atoms with Crippen molar-refractivity contribution in [3.8, 4) is 0 Å². The Morgan fingerprint density at radius 3 is 2.30 bits per heavy atom. The highest BCUT2D eigenvalue weighted by Crippen LogP contribution is 2.25. The fourth-order valence-electron chi connectivity index (χ4n) is 2.31. The molecule has 0 bridgehead atoms. The summed E-state index contributed by atoms with van der Waals surface area (Å²) < 4.78 is 51.7. The first-order chi connectivity index (χ1) is 12.8. The van der Waals surface area contributed by atoms with E-state index in [-0.39, 0.29) is 16.8 Å². The van der Waals surface area contributed by atoms with Crippen LogP contribution in [0.4, 0.5) is 23.2 Å². The van der Waals surface area contributed by atoms with Crippen LogP contribution >= 0.6 is 0 Å². The van der Waals surface area contributed by atoms with E-state index in [4.69, 9.17) is 0 Å². The predicted octanol–water partition coefficient (Wildman–Crippen LogP) is 3.25. The van der Waals surface area contributed by atoms with Crippen LogP contribution in [0.15, 0.2) is 65.3 Å². The van der Waals surface area contributed by atoms with Crippen molar-refractivity contribution in [2.24, 2.45) is 5.10 Å². The summed E-state index contributed by atoms with van der Waals surface area (Å²) in [4.78, 5) is 23.9. The summed E-state index contributed by atoms with van der Waals surface area (Å²) in [6, 6.07) is 13.3. The molecule has 9 heteroatoms. The third-order valence-electron chi connectivity index (χ3n) is 3.57. The molecule has 0 saturated carbocycles. The van der Waals surface area contributed by atoms with Crippen molar-refractivity contribution in [2.75, 3.05) is 5.01 Å². The van der Waals surface area contributed by atoms with Crippen LogP contribution in [-0.2, 0) is 9.59 Å². The zero-order valence-electron chi connectivity index (χ0n) is 13.5. The summed E-state index contributed by atoms with van der Waals surface area (Å²) in [5.74, 6) is -4.39. The molecule has 0 aromatic heterocycles. The van der Waals surface area contributed by atoms with Gasteiger partial charge in [0.25, 0.3) is 5.91 Å². The fourth-order valence-corrected chi connectivity index (χ4v) is 2.31. The van der Waals surface area contributed by atoms with Crippen LogP contribution in [0.1, 0.15) is 5.56 Å². The monoisotopic (exact) mass is 377 g/mol. The summed E-state index contributed by atoms with van der Waals surface area (Å²) in [5.41, 5.74) is -0.135. The molecule has 0 atom stereocenters. The largest absolute Gasteiger partial charge is 0.471 e. The van der Waals surface area contributed by atoms with E-state index in [2.05, 4.69) is 5.10 Å². The van der Waals surface area contributed by atoms with E-state index < -0.39 is 29.6 Å². The minimum Gasteiger partial charge on any atom is -0.301 e. The van der Waals surface area contributed by atoms with E-state index in [0.29, 0.717) is 0 Å². The number of hydrogen-bond donors (Lipinski definition) is 1. The normalized spacial score (nSPS) is 15.9. The molecule has 0 unspecified atom stereocenters. The molecule has 0 fully saturated rings. The topological polar surface area (TPSA) is 61.8 Å². The molecule has 3 rings (SSSR count). The van der Waals surface area contributed by atoms with E-state index >= 15 is 0 Å². The highest BCUT2D eigenvalue weighted by molar-refractivity contribution is 6.34. The van der Waals surface area contributed by atoms with Crippen molar-refractivity contribution in [1.82, 2.24) is 5.32 Å². The van der Waals surface area contributed by atoms with Crippen molar-refractivity contribution in [2.45, 2.75) is 6.18 Å². The van der Waals surface area contributed by atoms with E-state index in [1.807, 2.05) is 0 Å². The maximum absolute atomic E-state index is 13.9. The number of carbonyl (C=O) groups excluding carboxylic acids is 2. The van der Waals surface area contributed by atoms with Crippen LogP contribution in [0.3, 0.4) is 0 Å². The maximum atomic E-state index is 13.9. The van der Waals surface area contributed by atoms with Gasteiger partial charge in [0.1, 0.15) is 5.82 Å². The van der Waals surface area contributed by atoms with Gasteiger partial charge in [-0.1, -0.05) is 36.4 Å². The van der Waals surface area contributed by atoms with Gasteiger partial charge in [0.2, 0.25) is 0 Å². The molecule has 2 aromatic rings. The second-order valence-electron chi connectivity index (χ2n) is 5.43. The SMILES string of the molecule is O=C1C(=Cc2ccccc2F)C(NC(=O)C(F)(F)F)=NN1c1ccccc1. The van der Waals surface area contributed by atoms with Crippen LogP contribution in [0.2, 0.25) is 0 Å². The Bertz CT molecular complexity index is 953. The van der Waals surface area contributed by atoms with Gasteiger partial charge >= 0.3 is 12.1 Å². The van der Waals surface area contributed by atoms with Gasteiger partial charge in [0.15, 0.2) is 5.84 Å². The predicted molar refractivity (Wildman–Crippen MR) is 89.9 cm³/mol. The number of alkyl halides is 3. The number of amidine groups is 1. The summed E-state index contributed by atoms with van der Waals surface area (Å²) in [6.45, 7) is 0. The molecular formula is C18H11F4N3O2. The molecule has 27 heavy (non-hydrogen) atoms. The van der Waals surface area contributed by atoms with Crippen molar-refractivity contribution >= 4 is 29.4 Å². The first-order valence-corrected chi connectivity index (χ1v) is 7.60. The van der Waals surface area contributed by atoms with Crippen LogP contribution in [0, 0.1) is 5.82 Å². The molecule has 0 radical (unpaired) electrons. The number of benzene rings is 2. The van der Waals surface area contributed by atoms with Gasteiger partial charge in [-0.05, 0) is 24.3 Å². The summed E-state index contributed by atoms with van der Waals surface area (Å²) in [5, 5.41) is 6.18. The Morgan fingerprint density at radius 1 is 1.04 bits per heavy atom. The van der Waals surface area contributed by atoms with Gasteiger partial charge < -0.3 is 5.32 Å². The molecular weight excluding hydrogens is 366 g/mol. The molecule has 1 heterocycles. The highest BCUT2D eigenvalue weighted by Gasteiger charge is 2.42. The van der Waals surface area contributed by atoms with Gasteiger partial charge in [0.05, 0.1) is 11.3 Å². The summed E-state index contributed by atoms with van der Waals surface area (Å²) in [6.07, 6.45) is -4.13. The molecule has 1 aliphatic heterocycles. The molecule has 1 aliphatic rings. The first-order valence-electron chi connectivity index (χ1n) is 7.60. The lowest BCUT2D eigenvalue weighted by Crippen LogP contribution is -2.41. The van der Waals surface area contributed by atoms with E-state index in [1.165, 1.54) is 30.3 Å². The van der Waals surface area contributed by atoms with Gasteiger partial charge in [-0.15, -0.1) is 5.10 Å². The van der Waals surface area contributed by atoms with Crippen molar-refractivity contribution in [1.29, 1.82) is 0 Å². The van der Waals surface area contributed by atoms with Crippen LogP contribution in [0.5, 0.6) is 0 Å². The van der Waals surface area contributed by atoms with Crippen LogP contribution in [0.25, 0.3) is 6.08 Å². The number of carbonyl (C=O) groups is 2. The summed E-state index contributed by atoms with van der Waals surface area (Å²) >= 11 is 0. The number of amides is 2. The Hall–Kier alpha value is -3.49. The van der Waals surface area contributed by atoms with Crippen LogP contribution < -0.4 is 10.3 Å². The van der Waals surface area contributed by atoms with Gasteiger partial charge in [0, 0.05) is 5.56 Å². The second kappa shape index (κ2) is 7.02. The quantitative estimate of drug-likeness (QED) is 0.645. The molecule has 2 amide bonds. The number of anilines is 1. The Labute approximate surface area is 150 Å². The number of hydrogen-bond acceptors (Lipinski definition) is 3. The minimum atomic E-state index is -5.17. The molecule has 0 spiro atoms. The molecule has 0 aliphatic carbocycles. The van der Waals surface area contributed by atoms with E-state index in [0.717, 1.165) is 17.2 Å². The number of halogens is 4. The molecule has 1 N–H and O–H groups in total. The van der Waals surface area contributed by atoms with Crippen molar-refractivity contribution in [3.63, 3.8) is 0 Å². The fraction of sp³-hybridized carbons (Fsp3) is 0.0556. The number of hydrazone groups is 1. The molecule has 138 valence electrons. The smallest absolute Gasteiger partial charge is 0.301 e. The minimum absolute atomic E-state index is 0.0373. The highest BCUT2D eigenvalue weighted by atomic mass is 19.4. The van der Waals surface area contributed by atoms with E-state index in [9.17, 15) is 27.2 Å².